The third-order valence-corrected chi connectivity index (χ3v) is 5.47. The van der Waals surface area contributed by atoms with Crippen molar-refractivity contribution in [3.63, 3.8) is 0 Å². The SMILES string of the molecule is CCCOC1C=CC=CN1c1cc(NCc2nnn(C)n2)c2c(n1)c(C)nn2C(C)CC. The molecule has 1 N–H and O–H groups in total. The highest BCUT2D eigenvalue weighted by Crippen LogP contribution is 2.33. The van der Waals surface area contributed by atoms with E-state index in [-0.39, 0.29) is 12.3 Å². The summed E-state index contributed by atoms with van der Waals surface area (Å²) >= 11 is 0. The van der Waals surface area contributed by atoms with E-state index in [1.165, 1.54) is 4.80 Å². The number of allylic oxidation sites excluding steroid dienone is 2. The average molecular weight is 438 g/mol. The summed E-state index contributed by atoms with van der Waals surface area (Å²) in [7, 11) is 1.76. The van der Waals surface area contributed by atoms with E-state index in [0.29, 0.717) is 19.0 Å². The molecule has 3 aromatic rings. The van der Waals surface area contributed by atoms with Crippen molar-refractivity contribution in [1.29, 1.82) is 0 Å². The molecule has 0 amide bonds. The molecule has 0 spiro atoms. The maximum absolute atomic E-state index is 6.05. The average Bonchev–Trinajstić information content (AvgIpc) is 3.38. The van der Waals surface area contributed by atoms with Crippen molar-refractivity contribution in [2.75, 3.05) is 16.8 Å². The quantitative estimate of drug-likeness (QED) is 0.543. The summed E-state index contributed by atoms with van der Waals surface area (Å²) in [5.41, 5.74) is 3.67. The lowest BCUT2D eigenvalue weighted by Gasteiger charge is -2.29. The number of fused-ring (bicyclic) bond motifs is 1. The summed E-state index contributed by atoms with van der Waals surface area (Å²) in [5, 5.41) is 20.6. The summed E-state index contributed by atoms with van der Waals surface area (Å²) in [6.07, 6.45) is 9.74. The van der Waals surface area contributed by atoms with Gasteiger partial charge in [0.25, 0.3) is 0 Å². The van der Waals surface area contributed by atoms with E-state index >= 15 is 0 Å². The van der Waals surface area contributed by atoms with Gasteiger partial charge in [-0.25, -0.2) is 4.98 Å². The monoisotopic (exact) mass is 437 g/mol. The van der Waals surface area contributed by atoms with Crippen LogP contribution in [0.2, 0.25) is 0 Å². The lowest BCUT2D eigenvalue weighted by atomic mass is 10.2. The Morgan fingerprint density at radius 1 is 1.22 bits per heavy atom. The smallest absolute Gasteiger partial charge is 0.193 e. The molecular formula is C22H31N9O. The van der Waals surface area contributed by atoms with Crippen molar-refractivity contribution in [3.05, 3.63) is 42.0 Å². The fourth-order valence-electron chi connectivity index (χ4n) is 3.66. The zero-order valence-electron chi connectivity index (χ0n) is 19.4. The number of pyridine rings is 1. The number of aryl methyl sites for hydroxylation is 2. The van der Waals surface area contributed by atoms with Crippen LogP contribution in [0.5, 0.6) is 0 Å². The molecule has 10 heteroatoms. The molecule has 2 unspecified atom stereocenters. The number of nitrogens with one attached hydrogen (secondary N) is 1. The molecule has 0 fully saturated rings. The predicted octanol–water partition coefficient (Wildman–Crippen LogP) is 3.49. The summed E-state index contributed by atoms with van der Waals surface area (Å²) in [5.74, 6) is 1.41. The van der Waals surface area contributed by atoms with E-state index in [1.807, 2.05) is 42.3 Å². The van der Waals surface area contributed by atoms with Gasteiger partial charge in [-0.2, -0.15) is 9.90 Å². The second-order valence-corrected chi connectivity index (χ2v) is 7.96. The maximum atomic E-state index is 6.05. The Balaban J connectivity index is 1.78. The number of hydrogen-bond donors (Lipinski definition) is 1. The standard InChI is InChI=1S/C22H31N9O/c1-6-12-32-20-10-8-9-11-30(20)19-13-17(23-14-18-25-28-29(5)27-18)22-21(24-19)16(4)26-31(22)15(3)7-2/h8-11,13,15,20H,6-7,12,14H2,1-5H3,(H,23,24). The molecule has 1 aliphatic rings. The van der Waals surface area contributed by atoms with Crippen molar-refractivity contribution >= 4 is 22.5 Å². The van der Waals surface area contributed by atoms with Crippen molar-refractivity contribution in [2.24, 2.45) is 7.05 Å². The fraction of sp³-hybridized carbons (Fsp3) is 0.500. The van der Waals surface area contributed by atoms with Crippen LogP contribution in [0.25, 0.3) is 11.0 Å². The number of aromatic nitrogens is 7. The number of anilines is 2. The molecule has 2 atom stereocenters. The largest absolute Gasteiger partial charge is 0.376 e. The topological polar surface area (TPSA) is 98.8 Å². The minimum absolute atomic E-state index is 0.204. The fourth-order valence-corrected chi connectivity index (χ4v) is 3.66. The van der Waals surface area contributed by atoms with E-state index in [0.717, 1.165) is 41.1 Å². The van der Waals surface area contributed by atoms with Crippen LogP contribution in [0, 0.1) is 6.92 Å². The third-order valence-electron chi connectivity index (χ3n) is 5.47. The highest BCUT2D eigenvalue weighted by atomic mass is 16.5. The predicted molar refractivity (Wildman–Crippen MR) is 124 cm³/mol. The van der Waals surface area contributed by atoms with Crippen molar-refractivity contribution < 1.29 is 4.74 Å². The van der Waals surface area contributed by atoms with Crippen molar-refractivity contribution in [2.45, 2.75) is 59.4 Å². The first-order chi connectivity index (χ1) is 15.5. The van der Waals surface area contributed by atoms with Crippen LogP contribution in [0.3, 0.4) is 0 Å². The molecule has 170 valence electrons. The number of rotatable bonds is 9. The van der Waals surface area contributed by atoms with Crippen LogP contribution in [-0.2, 0) is 18.3 Å². The Labute approximate surface area is 187 Å². The number of hydrogen-bond acceptors (Lipinski definition) is 8. The van der Waals surface area contributed by atoms with Crippen LogP contribution in [-0.4, -0.2) is 47.8 Å². The van der Waals surface area contributed by atoms with E-state index in [2.05, 4.69) is 46.2 Å². The van der Waals surface area contributed by atoms with Gasteiger partial charge in [0.15, 0.2) is 12.1 Å². The van der Waals surface area contributed by atoms with Crippen LogP contribution in [0.15, 0.2) is 30.5 Å². The Morgan fingerprint density at radius 3 is 2.78 bits per heavy atom. The van der Waals surface area contributed by atoms with Gasteiger partial charge in [-0.1, -0.05) is 19.9 Å². The summed E-state index contributed by atoms with van der Waals surface area (Å²) in [4.78, 5) is 8.50. The van der Waals surface area contributed by atoms with Crippen molar-refractivity contribution in [1.82, 2.24) is 35.0 Å². The highest BCUT2D eigenvalue weighted by molar-refractivity contribution is 5.92. The first-order valence-corrected chi connectivity index (χ1v) is 11.1. The third kappa shape index (κ3) is 4.36. The number of nitrogens with zero attached hydrogens (tertiary/aromatic N) is 8. The summed E-state index contributed by atoms with van der Waals surface area (Å²) in [6, 6.07) is 2.29. The molecule has 0 aromatic carbocycles. The van der Waals surface area contributed by atoms with E-state index in [9.17, 15) is 0 Å². The minimum Gasteiger partial charge on any atom is -0.376 e. The van der Waals surface area contributed by atoms with E-state index < -0.39 is 0 Å². The van der Waals surface area contributed by atoms with Gasteiger partial charge in [-0.05, 0) is 44.1 Å². The summed E-state index contributed by atoms with van der Waals surface area (Å²) in [6.45, 7) is 9.56. The first-order valence-electron chi connectivity index (χ1n) is 11.1. The van der Waals surface area contributed by atoms with E-state index in [4.69, 9.17) is 14.8 Å². The Morgan fingerprint density at radius 2 is 2.06 bits per heavy atom. The zero-order chi connectivity index (χ0) is 22.7. The van der Waals surface area contributed by atoms with Gasteiger partial charge >= 0.3 is 0 Å². The Bertz CT molecular complexity index is 1130. The van der Waals surface area contributed by atoms with E-state index in [1.54, 1.807) is 7.05 Å². The van der Waals surface area contributed by atoms with Gasteiger partial charge in [0.1, 0.15) is 16.9 Å². The van der Waals surface area contributed by atoms with Crippen LogP contribution in [0.1, 0.15) is 51.2 Å². The second kappa shape index (κ2) is 9.47. The molecule has 4 rings (SSSR count). The zero-order valence-corrected chi connectivity index (χ0v) is 19.4. The minimum atomic E-state index is -0.204. The van der Waals surface area contributed by atoms with Gasteiger partial charge in [-0.15, -0.1) is 10.2 Å². The highest BCUT2D eigenvalue weighted by Gasteiger charge is 2.23. The van der Waals surface area contributed by atoms with Gasteiger partial charge in [0.2, 0.25) is 0 Å². The van der Waals surface area contributed by atoms with Crippen LogP contribution >= 0.6 is 0 Å². The molecule has 10 nitrogen and oxygen atoms in total. The molecule has 4 heterocycles. The van der Waals surface area contributed by atoms with Gasteiger partial charge < -0.3 is 15.0 Å². The van der Waals surface area contributed by atoms with Crippen LogP contribution in [0.4, 0.5) is 11.5 Å². The lowest BCUT2D eigenvalue weighted by Crippen LogP contribution is -2.33. The molecule has 32 heavy (non-hydrogen) atoms. The molecule has 0 bridgehead atoms. The van der Waals surface area contributed by atoms with Crippen molar-refractivity contribution in [3.8, 4) is 0 Å². The summed E-state index contributed by atoms with van der Waals surface area (Å²) < 4.78 is 8.11. The molecule has 0 radical (unpaired) electrons. The Hall–Kier alpha value is -3.27. The molecule has 0 saturated heterocycles. The van der Waals surface area contributed by atoms with Gasteiger partial charge in [0.05, 0.1) is 25.0 Å². The molecular weight excluding hydrogens is 406 g/mol. The van der Waals surface area contributed by atoms with Gasteiger partial charge in [-0.3, -0.25) is 4.68 Å². The molecule has 0 aliphatic carbocycles. The first kappa shape index (κ1) is 21.9. The maximum Gasteiger partial charge on any atom is 0.193 e. The molecule has 1 aliphatic heterocycles. The second-order valence-electron chi connectivity index (χ2n) is 7.96. The normalized spacial score (nSPS) is 16.8. The van der Waals surface area contributed by atoms with Gasteiger partial charge in [0, 0.05) is 24.9 Å². The lowest BCUT2D eigenvalue weighted by molar-refractivity contribution is 0.0879. The molecule has 3 aromatic heterocycles. The number of tetrazole rings is 1. The number of ether oxygens (including phenoxy) is 1. The Kier molecular flexibility index (Phi) is 6.50. The van der Waals surface area contributed by atoms with Crippen LogP contribution < -0.4 is 10.2 Å². The molecule has 0 saturated carbocycles.